The van der Waals surface area contributed by atoms with Crippen LogP contribution in [0.15, 0.2) is 34.9 Å². The summed E-state index contributed by atoms with van der Waals surface area (Å²) in [6.45, 7) is 2.50. The molecule has 0 atom stereocenters. The molecule has 2 aromatic rings. The fourth-order valence-electron chi connectivity index (χ4n) is 2.45. The minimum atomic E-state index is -0.413. The van der Waals surface area contributed by atoms with E-state index in [0.717, 1.165) is 12.8 Å². The van der Waals surface area contributed by atoms with Gasteiger partial charge in [-0.2, -0.15) is 0 Å². The number of rotatable bonds is 8. The molecule has 2 heterocycles. The van der Waals surface area contributed by atoms with Crippen LogP contribution in [-0.2, 0) is 9.53 Å². The van der Waals surface area contributed by atoms with Gasteiger partial charge in [-0.05, 0) is 49.9 Å². The Hall–Kier alpha value is -2.61. The fraction of sp³-hybridized carbons (Fsp3) is 0.389. The molecular weight excluding hydrogens is 356 g/mol. The van der Waals surface area contributed by atoms with Gasteiger partial charge in [0.05, 0.1) is 22.7 Å². The van der Waals surface area contributed by atoms with Crippen molar-refractivity contribution < 1.29 is 23.5 Å². The van der Waals surface area contributed by atoms with Crippen molar-refractivity contribution >= 4 is 34.1 Å². The maximum atomic E-state index is 12.8. The fourth-order valence-corrected chi connectivity index (χ4v) is 3.32. The number of nitrogens with zero attached hydrogens (tertiary/aromatic N) is 1. The van der Waals surface area contributed by atoms with E-state index < -0.39 is 5.97 Å². The standard InChI is InChI=1S/C18H20N2O5S/c1-2-24-16(21)11-20(10-12-5-6-12)18(23)14-7-8-15(26-14)19-17(22)13-4-3-9-25-13/h3-4,7-9,12H,2,5-6,10-11H2,1H3,(H,19,22). The zero-order valence-corrected chi connectivity index (χ0v) is 15.2. The summed E-state index contributed by atoms with van der Waals surface area (Å²) in [6.07, 6.45) is 3.56. The highest BCUT2D eigenvalue weighted by Crippen LogP contribution is 2.31. The minimum Gasteiger partial charge on any atom is -0.465 e. The van der Waals surface area contributed by atoms with Crippen LogP contribution in [0, 0.1) is 5.92 Å². The van der Waals surface area contributed by atoms with E-state index in [1.165, 1.54) is 22.5 Å². The molecule has 3 rings (SSSR count). The predicted octanol–water partition coefficient (Wildman–Crippen LogP) is 3.01. The smallest absolute Gasteiger partial charge is 0.325 e. The third-order valence-electron chi connectivity index (χ3n) is 3.89. The average Bonchev–Trinajstić information content (AvgIpc) is 3.09. The first-order chi connectivity index (χ1) is 12.6. The number of hydrogen-bond donors (Lipinski definition) is 1. The lowest BCUT2D eigenvalue weighted by Crippen LogP contribution is -2.37. The second kappa shape index (κ2) is 8.18. The lowest BCUT2D eigenvalue weighted by atomic mass is 10.3. The Morgan fingerprint density at radius 3 is 2.77 bits per heavy atom. The lowest BCUT2D eigenvalue weighted by molar-refractivity contribution is -0.143. The van der Waals surface area contributed by atoms with Crippen molar-refractivity contribution in [2.45, 2.75) is 19.8 Å². The number of hydrogen-bond acceptors (Lipinski definition) is 6. The van der Waals surface area contributed by atoms with Crippen LogP contribution in [0.5, 0.6) is 0 Å². The molecule has 1 aliphatic carbocycles. The number of amides is 2. The van der Waals surface area contributed by atoms with E-state index in [2.05, 4.69) is 5.32 Å². The molecule has 7 nitrogen and oxygen atoms in total. The van der Waals surface area contributed by atoms with Crippen molar-refractivity contribution in [2.24, 2.45) is 5.92 Å². The molecule has 0 bridgehead atoms. The normalized spacial score (nSPS) is 13.3. The lowest BCUT2D eigenvalue weighted by Gasteiger charge is -2.20. The van der Waals surface area contributed by atoms with Crippen LogP contribution in [0.4, 0.5) is 5.00 Å². The van der Waals surface area contributed by atoms with Crippen LogP contribution in [0.2, 0.25) is 0 Å². The maximum Gasteiger partial charge on any atom is 0.325 e. The first kappa shape index (κ1) is 18.2. The van der Waals surface area contributed by atoms with Gasteiger partial charge in [-0.1, -0.05) is 0 Å². The third kappa shape index (κ3) is 4.72. The number of carbonyl (C=O) groups is 3. The first-order valence-corrected chi connectivity index (χ1v) is 9.28. The molecule has 1 aliphatic rings. The van der Waals surface area contributed by atoms with Crippen molar-refractivity contribution in [1.29, 1.82) is 0 Å². The number of nitrogens with one attached hydrogen (secondary N) is 1. The van der Waals surface area contributed by atoms with E-state index in [9.17, 15) is 14.4 Å². The number of furan rings is 1. The van der Waals surface area contributed by atoms with Crippen LogP contribution in [0.25, 0.3) is 0 Å². The average molecular weight is 376 g/mol. The molecule has 0 spiro atoms. The number of anilines is 1. The molecule has 0 aliphatic heterocycles. The maximum absolute atomic E-state index is 12.8. The topological polar surface area (TPSA) is 88.9 Å². The van der Waals surface area contributed by atoms with Gasteiger partial charge in [0.2, 0.25) is 0 Å². The summed E-state index contributed by atoms with van der Waals surface area (Å²) >= 11 is 1.17. The zero-order valence-electron chi connectivity index (χ0n) is 14.4. The first-order valence-electron chi connectivity index (χ1n) is 8.46. The molecule has 1 saturated carbocycles. The molecule has 8 heteroatoms. The molecule has 0 unspecified atom stereocenters. The largest absolute Gasteiger partial charge is 0.465 e. The summed E-state index contributed by atoms with van der Waals surface area (Å²) < 4.78 is 10.0. The van der Waals surface area contributed by atoms with Crippen molar-refractivity contribution in [1.82, 2.24) is 4.90 Å². The molecule has 2 amide bonds. The molecule has 26 heavy (non-hydrogen) atoms. The van der Waals surface area contributed by atoms with Gasteiger partial charge in [-0.15, -0.1) is 11.3 Å². The predicted molar refractivity (Wildman–Crippen MR) is 96.2 cm³/mol. The minimum absolute atomic E-state index is 0.0604. The highest BCUT2D eigenvalue weighted by Gasteiger charge is 2.29. The Balaban J connectivity index is 1.65. The van der Waals surface area contributed by atoms with E-state index >= 15 is 0 Å². The van der Waals surface area contributed by atoms with Crippen molar-refractivity contribution in [2.75, 3.05) is 25.0 Å². The molecule has 0 radical (unpaired) electrons. The summed E-state index contributed by atoms with van der Waals surface area (Å²) in [4.78, 5) is 38.6. The Morgan fingerprint density at radius 1 is 1.31 bits per heavy atom. The third-order valence-corrected chi connectivity index (χ3v) is 4.88. The Bertz CT molecular complexity index is 779. The summed E-state index contributed by atoms with van der Waals surface area (Å²) in [6, 6.07) is 6.50. The van der Waals surface area contributed by atoms with E-state index in [4.69, 9.17) is 9.15 Å². The molecule has 138 valence electrons. The SMILES string of the molecule is CCOC(=O)CN(CC1CC1)C(=O)c1ccc(NC(=O)c2ccco2)s1. The molecule has 0 saturated heterocycles. The van der Waals surface area contributed by atoms with Gasteiger partial charge in [0, 0.05) is 6.54 Å². The summed E-state index contributed by atoms with van der Waals surface area (Å²) in [5, 5.41) is 3.24. The molecular formula is C18H20N2O5S. The van der Waals surface area contributed by atoms with Crippen molar-refractivity contribution in [3.63, 3.8) is 0 Å². The second-order valence-electron chi connectivity index (χ2n) is 6.03. The summed E-state index contributed by atoms with van der Waals surface area (Å²) in [5.41, 5.74) is 0. The highest BCUT2D eigenvalue weighted by molar-refractivity contribution is 7.18. The quantitative estimate of drug-likeness (QED) is 0.716. The van der Waals surface area contributed by atoms with Crippen LogP contribution < -0.4 is 5.32 Å². The van der Waals surface area contributed by atoms with Gasteiger partial charge in [0.15, 0.2) is 5.76 Å². The highest BCUT2D eigenvalue weighted by atomic mass is 32.1. The van der Waals surface area contributed by atoms with Gasteiger partial charge in [0.25, 0.3) is 11.8 Å². The van der Waals surface area contributed by atoms with Gasteiger partial charge in [0.1, 0.15) is 6.54 Å². The Kier molecular flexibility index (Phi) is 5.72. The van der Waals surface area contributed by atoms with Gasteiger partial charge < -0.3 is 19.4 Å². The molecule has 2 aromatic heterocycles. The second-order valence-corrected chi connectivity index (χ2v) is 7.11. The van der Waals surface area contributed by atoms with Crippen LogP contribution in [-0.4, -0.2) is 42.4 Å². The van der Waals surface area contributed by atoms with Gasteiger partial charge in [-0.25, -0.2) is 0 Å². The summed E-state index contributed by atoms with van der Waals surface area (Å²) in [5.74, 6) is -0.370. The molecule has 1 N–H and O–H groups in total. The van der Waals surface area contributed by atoms with Crippen LogP contribution in [0.1, 0.15) is 40.0 Å². The monoisotopic (exact) mass is 376 g/mol. The van der Waals surface area contributed by atoms with Crippen molar-refractivity contribution in [3.8, 4) is 0 Å². The van der Waals surface area contributed by atoms with E-state index in [1.54, 1.807) is 31.2 Å². The van der Waals surface area contributed by atoms with E-state index in [0.29, 0.717) is 22.3 Å². The number of ether oxygens (including phenoxy) is 1. The molecule has 0 aromatic carbocycles. The number of esters is 1. The van der Waals surface area contributed by atoms with E-state index in [-0.39, 0.29) is 30.7 Å². The van der Waals surface area contributed by atoms with Gasteiger partial charge in [-0.3, -0.25) is 14.4 Å². The number of carbonyl (C=O) groups excluding carboxylic acids is 3. The van der Waals surface area contributed by atoms with E-state index in [1.807, 2.05) is 0 Å². The molecule has 1 fully saturated rings. The zero-order chi connectivity index (χ0) is 18.5. The summed E-state index contributed by atoms with van der Waals surface area (Å²) in [7, 11) is 0. The van der Waals surface area contributed by atoms with Crippen molar-refractivity contribution in [3.05, 3.63) is 41.2 Å². The van der Waals surface area contributed by atoms with Gasteiger partial charge >= 0.3 is 5.97 Å². The Labute approximate surface area is 154 Å². The van der Waals surface area contributed by atoms with Crippen LogP contribution in [0.3, 0.4) is 0 Å². The Morgan fingerprint density at radius 2 is 2.12 bits per heavy atom. The number of thiophene rings is 1. The van der Waals surface area contributed by atoms with Crippen LogP contribution >= 0.6 is 11.3 Å².